The Morgan fingerprint density at radius 2 is 1.52 bits per heavy atom. The van der Waals surface area contributed by atoms with Gasteiger partial charge in [-0.25, -0.2) is 0 Å². The minimum atomic E-state index is -4.64. The van der Waals surface area contributed by atoms with Crippen LogP contribution in [0.1, 0.15) is 37.9 Å². The molecule has 0 aliphatic carbocycles. The first-order valence-electron chi connectivity index (χ1n) is 7.15. The van der Waals surface area contributed by atoms with E-state index in [1.54, 1.807) is 0 Å². The highest BCUT2D eigenvalue weighted by atomic mass is 19.4. The minimum absolute atomic E-state index is 0.0747. The second-order valence-electron chi connectivity index (χ2n) is 5.45. The Balaban J connectivity index is 2.09. The third-order valence-corrected chi connectivity index (χ3v) is 3.88. The number of amides is 3. The highest BCUT2D eigenvalue weighted by Crippen LogP contribution is 2.35. The van der Waals surface area contributed by atoms with Crippen molar-refractivity contribution in [2.75, 3.05) is 0 Å². The zero-order valence-corrected chi connectivity index (χ0v) is 12.6. The van der Waals surface area contributed by atoms with Crippen LogP contribution < -0.4 is 5.73 Å². The van der Waals surface area contributed by atoms with E-state index in [4.69, 9.17) is 5.73 Å². The van der Waals surface area contributed by atoms with E-state index in [9.17, 15) is 27.6 Å². The summed E-state index contributed by atoms with van der Waals surface area (Å²) < 4.78 is 38.7. The van der Waals surface area contributed by atoms with Gasteiger partial charge in [-0.3, -0.25) is 19.3 Å². The first-order chi connectivity index (χ1) is 11.7. The number of carbonyl (C=O) groups excluding carboxylic acids is 3. The maximum Gasteiger partial charge on any atom is 0.416 e. The summed E-state index contributed by atoms with van der Waals surface area (Å²) >= 11 is 0. The van der Waals surface area contributed by atoms with E-state index in [1.165, 1.54) is 30.3 Å². The van der Waals surface area contributed by atoms with E-state index < -0.39 is 35.5 Å². The van der Waals surface area contributed by atoms with Crippen molar-refractivity contribution < 1.29 is 27.6 Å². The molecule has 8 heteroatoms. The van der Waals surface area contributed by atoms with Crippen molar-refractivity contribution >= 4 is 17.7 Å². The van der Waals surface area contributed by atoms with Crippen molar-refractivity contribution in [1.29, 1.82) is 0 Å². The maximum absolute atomic E-state index is 12.9. The number of primary amides is 1. The normalized spacial score (nSPS) is 15.2. The molecule has 3 amide bonds. The SMILES string of the molecule is NC(=O)[C@@H](c1cccc(C(F)(F)F)c1)N1C(=O)c2ccccc2C1=O. The zero-order chi connectivity index (χ0) is 18.4. The molecular formula is C17H11F3N2O3. The molecule has 2 N–H and O–H groups in total. The van der Waals surface area contributed by atoms with Gasteiger partial charge >= 0.3 is 6.18 Å². The Morgan fingerprint density at radius 3 is 2.00 bits per heavy atom. The van der Waals surface area contributed by atoms with Gasteiger partial charge in [0, 0.05) is 0 Å². The molecule has 0 aromatic heterocycles. The molecule has 2 aromatic rings. The van der Waals surface area contributed by atoms with Gasteiger partial charge in [-0.1, -0.05) is 24.3 Å². The molecule has 0 radical (unpaired) electrons. The van der Waals surface area contributed by atoms with E-state index in [0.29, 0.717) is 11.0 Å². The molecule has 0 spiro atoms. The third kappa shape index (κ3) is 2.75. The lowest BCUT2D eigenvalue weighted by Crippen LogP contribution is -2.41. The monoisotopic (exact) mass is 348 g/mol. The number of imide groups is 1. The number of carbonyl (C=O) groups is 3. The van der Waals surface area contributed by atoms with Gasteiger partial charge in [0.2, 0.25) is 5.91 Å². The van der Waals surface area contributed by atoms with E-state index in [0.717, 1.165) is 12.1 Å². The summed E-state index contributed by atoms with van der Waals surface area (Å²) in [5.74, 6) is -2.66. The Morgan fingerprint density at radius 1 is 0.960 bits per heavy atom. The number of hydrogen-bond donors (Lipinski definition) is 1. The molecule has 0 fully saturated rings. The summed E-state index contributed by atoms with van der Waals surface area (Å²) in [6, 6.07) is 8.09. The summed E-state index contributed by atoms with van der Waals surface area (Å²) in [6.07, 6.45) is -4.64. The predicted molar refractivity (Wildman–Crippen MR) is 80.3 cm³/mol. The summed E-state index contributed by atoms with van der Waals surface area (Å²) in [5.41, 5.74) is 4.26. The first-order valence-corrected chi connectivity index (χ1v) is 7.15. The zero-order valence-electron chi connectivity index (χ0n) is 12.6. The fourth-order valence-electron chi connectivity index (χ4n) is 2.77. The van der Waals surface area contributed by atoms with Gasteiger partial charge in [-0.15, -0.1) is 0 Å². The van der Waals surface area contributed by atoms with E-state index >= 15 is 0 Å². The van der Waals surface area contributed by atoms with Crippen molar-refractivity contribution in [3.63, 3.8) is 0 Å². The summed E-state index contributed by atoms with van der Waals surface area (Å²) in [4.78, 5) is 37.5. The van der Waals surface area contributed by atoms with Crippen LogP contribution in [-0.4, -0.2) is 22.6 Å². The fourth-order valence-corrected chi connectivity index (χ4v) is 2.77. The van der Waals surface area contributed by atoms with E-state index in [2.05, 4.69) is 0 Å². The van der Waals surface area contributed by atoms with Crippen molar-refractivity contribution in [1.82, 2.24) is 4.90 Å². The van der Waals surface area contributed by atoms with Crippen LogP contribution in [0, 0.1) is 0 Å². The van der Waals surface area contributed by atoms with E-state index in [-0.39, 0.29) is 16.7 Å². The van der Waals surface area contributed by atoms with Gasteiger partial charge in [-0.2, -0.15) is 13.2 Å². The molecule has 128 valence electrons. The van der Waals surface area contributed by atoms with Crippen LogP contribution in [0.4, 0.5) is 13.2 Å². The maximum atomic E-state index is 12.9. The topological polar surface area (TPSA) is 80.5 Å². The second-order valence-corrected chi connectivity index (χ2v) is 5.45. The molecule has 1 aliphatic rings. The summed E-state index contributed by atoms with van der Waals surface area (Å²) in [5, 5.41) is 0. The van der Waals surface area contributed by atoms with Gasteiger partial charge < -0.3 is 5.73 Å². The minimum Gasteiger partial charge on any atom is -0.368 e. The number of hydrogen-bond acceptors (Lipinski definition) is 3. The first kappa shape index (κ1) is 16.7. The molecule has 0 bridgehead atoms. The lowest BCUT2D eigenvalue weighted by molar-refractivity contribution is -0.137. The largest absolute Gasteiger partial charge is 0.416 e. The number of rotatable bonds is 3. The van der Waals surface area contributed by atoms with Crippen LogP contribution >= 0.6 is 0 Å². The van der Waals surface area contributed by atoms with Gasteiger partial charge in [0.1, 0.15) is 6.04 Å². The van der Waals surface area contributed by atoms with E-state index in [1.807, 2.05) is 0 Å². The number of fused-ring (bicyclic) bond motifs is 1. The quantitative estimate of drug-likeness (QED) is 0.866. The average Bonchev–Trinajstić information content (AvgIpc) is 2.80. The molecular weight excluding hydrogens is 337 g/mol. The second kappa shape index (κ2) is 5.73. The molecule has 0 saturated carbocycles. The smallest absolute Gasteiger partial charge is 0.368 e. The van der Waals surface area contributed by atoms with Crippen molar-refractivity contribution in [2.45, 2.75) is 12.2 Å². The molecule has 0 unspecified atom stereocenters. The van der Waals surface area contributed by atoms with Gasteiger partial charge in [0.15, 0.2) is 0 Å². The molecule has 25 heavy (non-hydrogen) atoms. The molecule has 1 atom stereocenters. The van der Waals surface area contributed by atoms with Crippen LogP contribution in [-0.2, 0) is 11.0 Å². The molecule has 2 aromatic carbocycles. The Hall–Kier alpha value is -3.16. The molecule has 0 saturated heterocycles. The van der Waals surface area contributed by atoms with Gasteiger partial charge in [-0.05, 0) is 29.8 Å². The number of halogens is 3. The van der Waals surface area contributed by atoms with Crippen LogP contribution in [0.15, 0.2) is 48.5 Å². The summed E-state index contributed by atoms with van der Waals surface area (Å²) in [6.45, 7) is 0. The standard InChI is InChI=1S/C17H11F3N2O3/c18-17(19,20)10-5-3-4-9(8-10)13(14(21)23)22-15(24)11-6-1-2-7-12(11)16(22)25/h1-8,13H,(H2,21,23)/t13-/m1/s1. The predicted octanol–water partition coefficient (Wildman–Crippen LogP) is 2.53. The molecule has 1 heterocycles. The van der Waals surface area contributed by atoms with Crippen LogP contribution in [0.5, 0.6) is 0 Å². The number of nitrogens with zero attached hydrogens (tertiary/aromatic N) is 1. The summed E-state index contributed by atoms with van der Waals surface area (Å²) in [7, 11) is 0. The van der Waals surface area contributed by atoms with Gasteiger partial charge in [0.05, 0.1) is 16.7 Å². The van der Waals surface area contributed by atoms with Crippen LogP contribution in [0.25, 0.3) is 0 Å². The van der Waals surface area contributed by atoms with Crippen molar-refractivity contribution in [2.24, 2.45) is 5.73 Å². The lowest BCUT2D eigenvalue weighted by Gasteiger charge is -2.24. The van der Waals surface area contributed by atoms with Crippen LogP contribution in [0.3, 0.4) is 0 Å². The van der Waals surface area contributed by atoms with Crippen LogP contribution in [0.2, 0.25) is 0 Å². The lowest BCUT2D eigenvalue weighted by atomic mass is 10.0. The fraction of sp³-hybridized carbons (Fsp3) is 0.118. The molecule has 1 aliphatic heterocycles. The highest BCUT2D eigenvalue weighted by molar-refractivity contribution is 6.22. The molecule has 3 rings (SSSR count). The number of nitrogens with two attached hydrogens (primary N) is 1. The molecule has 5 nitrogen and oxygen atoms in total. The van der Waals surface area contributed by atoms with Crippen molar-refractivity contribution in [3.8, 4) is 0 Å². The average molecular weight is 348 g/mol. The van der Waals surface area contributed by atoms with Crippen molar-refractivity contribution in [3.05, 3.63) is 70.8 Å². The van der Waals surface area contributed by atoms with Gasteiger partial charge in [0.25, 0.3) is 11.8 Å². The third-order valence-electron chi connectivity index (χ3n) is 3.88. The Bertz CT molecular complexity index is 858. The highest BCUT2D eigenvalue weighted by Gasteiger charge is 2.43. The Kier molecular flexibility index (Phi) is 3.82. The number of benzene rings is 2. The Labute approximate surface area is 139 Å². The number of alkyl halides is 3.